The Kier molecular flexibility index (Phi) is 7.58. The monoisotopic (exact) mass is 439 g/mol. The first-order valence-corrected chi connectivity index (χ1v) is 11.0. The molecule has 0 saturated carbocycles. The van der Waals surface area contributed by atoms with E-state index in [9.17, 15) is 9.59 Å². The largest absolute Gasteiger partial charge is 0.454 e. The van der Waals surface area contributed by atoms with Crippen LogP contribution in [0.4, 0.5) is 0 Å². The van der Waals surface area contributed by atoms with Gasteiger partial charge in [-0.3, -0.25) is 14.5 Å². The maximum Gasteiger partial charge on any atom is 0.309 e. The average molecular weight is 440 g/mol. The van der Waals surface area contributed by atoms with Crippen LogP contribution in [-0.2, 0) is 20.7 Å². The number of nitrogens with one attached hydrogen (secondary N) is 2. The normalized spacial score (nSPS) is 16.4. The Morgan fingerprint density at radius 3 is 2.50 bits per heavy atom. The molecule has 0 radical (unpaired) electrons. The summed E-state index contributed by atoms with van der Waals surface area (Å²) in [5, 5.41) is 5.51. The Morgan fingerprint density at radius 2 is 1.69 bits per heavy atom. The third kappa shape index (κ3) is 5.77. The van der Waals surface area contributed by atoms with E-state index in [-0.39, 0.29) is 12.8 Å². The van der Waals surface area contributed by atoms with Crippen molar-refractivity contribution in [3.05, 3.63) is 59.7 Å². The SMILES string of the molecule is O=C(NCCCc1ccccc1)C(=O)NCC(c1ccc2c(c1)OCO2)N1CCOCC1. The molecule has 2 aliphatic heterocycles. The number of morpholine rings is 1. The number of amides is 2. The quantitative estimate of drug-likeness (QED) is 0.480. The van der Waals surface area contributed by atoms with Crippen LogP contribution in [0.1, 0.15) is 23.6 Å². The number of nitrogens with zero attached hydrogens (tertiary/aromatic N) is 1. The standard InChI is InChI=1S/C24H29N3O5/c28-23(25-10-4-7-18-5-2-1-3-6-18)24(29)26-16-20(27-11-13-30-14-12-27)19-8-9-21-22(15-19)32-17-31-21/h1-3,5-6,8-9,15,20H,4,7,10-14,16-17H2,(H,25,28)(H,26,29). The number of aryl methyl sites for hydroxylation is 1. The van der Waals surface area contributed by atoms with Gasteiger partial charge in [0.2, 0.25) is 6.79 Å². The van der Waals surface area contributed by atoms with Gasteiger partial charge < -0.3 is 24.8 Å². The van der Waals surface area contributed by atoms with Crippen molar-refractivity contribution in [2.75, 3.05) is 46.2 Å². The number of benzene rings is 2. The lowest BCUT2D eigenvalue weighted by Gasteiger charge is -2.34. The average Bonchev–Trinajstić information content (AvgIpc) is 3.31. The molecular formula is C24H29N3O5. The predicted molar refractivity (Wildman–Crippen MR) is 118 cm³/mol. The third-order valence-electron chi connectivity index (χ3n) is 5.70. The molecule has 0 aliphatic carbocycles. The molecule has 1 saturated heterocycles. The molecule has 2 heterocycles. The van der Waals surface area contributed by atoms with Crippen LogP contribution in [-0.4, -0.2) is 62.9 Å². The van der Waals surface area contributed by atoms with Crippen LogP contribution in [0.3, 0.4) is 0 Å². The maximum absolute atomic E-state index is 12.4. The Bertz CT molecular complexity index is 915. The summed E-state index contributed by atoms with van der Waals surface area (Å²) < 4.78 is 16.4. The number of ether oxygens (including phenoxy) is 3. The fourth-order valence-corrected chi connectivity index (χ4v) is 3.96. The van der Waals surface area contributed by atoms with Gasteiger partial charge in [0, 0.05) is 26.2 Å². The predicted octanol–water partition coefficient (Wildman–Crippen LogP) is 1.65. The van der Waals surface area contributed by atoms with Crippen molar-refractivity contribution in [1.29, 1.82) is 0 Å². The minimum atomic E-state index is -0.622. The van der Waals surface area contributed by atoms with E-state index in [4.69, 9.17) is 14.2 Å². The van der Waals surface area contributed by atoms with E-state index in [0.29, 0.717) is 37.8 Å². The van der Waals surface area contributed by atoms with Crippen LogP contribution in [0.5, 0.6) is 11.5 Å². The van der Waals surface area contributed by atoms with Crippen molar-refractivity contribution in [3.8, 4) is 11.5 Å². The van der Waals surface area contributed by atoms with E-state index in [1.54, 1.807) is 0 Å². The molecule has 8 heteroatoms. The van der Waals surface area contributed by atoms with Crippen molar-refractivity contribution in [3.63, 3.8) is 0 Å². The van der Waals surface area contributed by atoms with E-state index >= 15 is 0 Å². The van der Waals surface area contributed by atoms with Crippen LogP contribution < -0.4 is 20.1 Å². The second-order valence-corrected chi connectivity index (χ2v) is 7.83. The second kappa shape index (κ2) is 11.0. The highest BCUT2D eigenvalue weighted by molar-refractivity contribution is 6.35. The summed E-state index contributed by atoms with van der Waals surface area (Å²) in [5.74, 6) is 0.185. The number of rotatable bonds is 8. The van der Waals surface area contributed by atoms with Crippen molar-refractivity contribution in [2.24, 2.45) is 0 Å². The van der Waals surface area contributed by atoms with Gasteiger partial charge in [0.25, 0.3) is 0 Å². The summed E-state index contributed by atoms with van der Waals surface area (Å²) in [6.45, 7) is 3.75. The molecule has 0 bridgehead atoms. The Hall–Kier alpha value is -3.10. The van der Waals surface area contributed by atoms with Gasteiger partial charge in [-0.1, -0.05) is 36.4 Å². The second-order valence-electron chi connectivity index (χ2n) is 7.83. The molecule has 2 aromatic carbocycles. The first kappa shape index (κ1) is 22.1. The minimum absolute atomic E-state index is 0.0942. The molecule has 2 aliphatic rings. The topological polar surface area (TPSA) is 89.1 Å². The Labute approximate surface area is 187 Å². The summed E-state index contributed by atoms with van der Waals surface area (Å²) in [6.07, 6.45) is 1.63. The number of carbonyl (C=O) groups excluding carboxylic acids is 2. The molecule has 2 N–H and O–H groups in total. The molecule has 1 fully saturated rings. The highest BCUT2D eigenvalue weighted by Crippen LogP contribution is 2.35. The van der Waals surface area contributed by atoms with Gasteiger partial charge in [0.1, 0.15) is 0 Å². The number of carbonyl (C=O) groups is 2. The van der Waals surface area contributed by atoms with Crippen LogP contribution in [0.2, 0.25) is 0 Å². The summed E-state index contributed by atoms with van der Waals surface area (Å²) in [4.78, 5) is 26.9. The first-order valence-electron chi connectivity index (χ1n) is 11.0. The molecule has 2 amide bonds. The van der Waals surface area contributed by atoms with E-state index < -0.39 is 11.8 Å². The summed E-state index contributed by atoms with van der Waals surface area (Å²) in [6, 6.07) is 15.8. The van der Waals surface area contributed by atoms with Crippen molar-refractivity contribution >= 4 is 11.8 Å². The molecule has 0 aromatic heterocycles. The zero-order valence-electron chi connectivity index (χ0n) is 18.0. The van der Waals surface area contributed by atoms with Gasteiger partial charge >= 0.3 is 11.8 Å². The van der Waals surface area contributed by atoms with Crippen molar-refractivity contribution in [1.82, 2.24) is 15.5 Å². The van der Waals surface area contributed by atoms with E-state index in [2.05, 4.69) is 27.7 Å². The first-order chi connectivity index (χ1) is 15.7. The zero-order valence-corrected chi connectivity index (χ0v) is 18.0. The van der Waals surface area contributed by atoms with Crippen LogP contribution in [0.25, 0.3) is 0 Å². The highest BCUT2D eigenvalue weighted by atomic mass is 16.7. The molecule has 1 unspecified atom stereocenters. The molecule has 1 atom stereocenters. The fraction of sp³-hybridized carbons (Fsp3) is 0.417. The smallest absolute Gasteiger partial charge is 0.309 e. The molecule has 2 aromatic rings. The van der Waals surface area contributed by atoms with Crippen LogP contribution >= 0.6 is 0 Å². The van der Waals surface area contributed by atoms with Gasteiger partial charge in [-0.2, -0.15) is 0 Å². The van der Waals surface area contributed by atoms with E-state index in [1.165, 1.54) is 5.56 Å². The van der Waals surface area contributed by atoms with Crippen LogP contribution in [0.15, 0.2) is 48.5 Å². The van der Waals surface area contributed by atoms with Gasteiger partial charge in [0.05, 0.1) is 19.3 Å². The Balaban J connectivity index is 1.30. The lowest BCUT2D eigenvalue weighted by atomic mass is 10.0. The van der Waals surface area contributed by atoms with Gasteiger partial charge in [-0.05, 0) is 36.1 Å². The van der Waals surface area contributed by atoms with Crippen molar-refractivity contribution in [2.45, 2.75) is 18.9 Å². The summed E-state index contributed by atoms with van der Waals surface area (Å²) >= 11 is 0. The van der Waals surface area contributed by atoms with Crippen molar-refractivity contribution < 1.29 is 23.8 Å². The molecule has 170 valence electrons. The molecule has 8 nitrogen and oxygen atoms in total. The van der Waals surface area contributed by atoms with E-state index in [1.807, 2.05) is 36.4 Å². The molecule has 0 spiro atoms. The maximum atomic E-state index is 12.4. The number of fused-ring (bicyclic) bond motifs is 1. The summed E-state index contributed by atoms with van der Waals surface area (Å²) in [5.41, 5.74) is 2.21. The van der Waals surface area contributed by atoms with Gasteiger partial charge in [-0.15, -0.1) is 0 Å². The lowest BCUT2D eigenvalue weighted by Crippen LogP contribution is -2.46. The third-order valence-corrected chi connectivity index (χ3v) is 5.70. The number of hydrogen-bond donors (Lipinski definition) is 2. The van der Waals surface area contributed by atoms with Gasteiger partial charge in [-0.25, -0.2) is 0 Å². The highest BCUT2D eigenvalue weighted by Gasteiger charge is 2.26. The molecular weight excluding hydrogens is 410 g/mol. The molecule has 4 rings (SSSR count). The van der Waals surface area contributed by atoms with Gasteiger partial charge in [0.15, 0.2) is 11.5 Å². The van der Waals surface area contributed by atoms with Crippen LogP contribution in [0, 0.1) is 0 Å². The van der Waals surface area contributed by atoms with E-state index in [0.717, 1.165) is 31.5 Å². The Morgan fingerprint density at radius 1 is 0.938 bits per heavy atom. The molecule has 32 heavy (non-hydrogen) atoms. The fourth-order valence-electron chi connectivity index (χ4n) is 3.96. The minimum Gasteiger partial charge on any atom is -0.454 e. The lowest BCUT2D eigenvalue weighted by molar-refractivity contribution is -0.139. The number of hydrogen-bond acceptors (Lipinski definition) is 6. The summed E-state index contributed by atoms with van der Waals surface area (Å²) in [7, 11) is 0. The zero-order chi connectivity index (χ0) is 22.2.